The standard InChI is InChI=1S/C13H11NO3/c15-10-6-7-11(12(16)8-10)13(14-17)9-4-2-1-3-5-9/h1-8,15-17H/b14-13+. The summed E-state index contributed by atoms with van der Waals surface area (Å²) in [6, 6.07) is 13.1. The van der Waals surface area contributed by atoms with Crippen LogP contribution >= 0.6 is 0 Å². The number of oxime groups is 1. The van der Waals surface area contributed by atoms with Gasteiger partial charge in [-0.3, -0.25) is 0 Å². The number of benzene rings is 2. The highest BCUT2D eigenvalue weighted by Gasteiger charge is 2.12. The Balaban J connectivity index is 2.51. The molecular weight excluding hydrogens is 218 g/mol. The maximum absolute atomic E-state index is 9.70. The van der Waals surface area contributed by atoms with Gasteiger partial charge in [0.15, 0.2) is 0 Å². The van der Waals surface area contributed by atoms with Crippen molar-refractivity contribution in [3.63, 3.8) is 0 Å². The summed E-state index contributed by atoms with van der Waals surface area (Å²) in [5.74, 6) is -0.182. The van der Waals surface area contributed by atoms with E-state index in [1.165, 1.54) is 18.2 Å². The maximum Gasteiger partial charge on any atom is 0.128 e. The summed E-state index contributed by atoms with van der Waals surface area (Å²) in [6.45, 7) is 0. The monoisotopic (exact) mass is 229 g/mol. The number of aromatic hydroxyl groups is 2. The SMILES string of the molecule is O/N=C(\c1ccccc1)c1ccc(O)cc1O. The predicted octanol–water partition coefficient (Wildman–Crippen LogP) is 2.32. The second kappa shape index (κ2) is 4.57. The Kier molecular flexibility index (Phi) is 2.96. The predicted molar refractivity (Wildman–Crippen MR) is 63.6 cm³/mol. The van der Waals surface area contributed by atoms with Crippen molar-refractivity contribution in [2.75, 3.05) is 0 Å². The van der Waals surface area contributed by atoms with Crippen molar-refractivity contribution in [1.29, 1.82) is 0 Å². The van der Waals surface area contributed by atoms with Crippen molar-refractivity contribution in [1.82, 2.24) is 0 Å². The first-order valence-corrected chi connectivity index (χ1v) is 5.02. The molecule has 0 spiro atoms. The van der Waals surface area contributed by atoms with E-state index in [1.54, 1.807) is 24.3 Å². The smallest absolute Gasteiger partial charge is 0.128 e. The summed E-state index contributed by atoms with van der Waals surface area (Å²) >= 11 is 0. The molecule has 0 saturated carbocycles. The molecule has 86 valence electrons. The summed E-state index contributed by atoms with van der Waals surface area (Å²) in [5, 5.41) is 31.1. The van der Waals surface area contributed by atoms with Crippen molar-refractivity contribution in [2.24, 2.45) is 5.16 Å². The van der Waals surface area contributed by atoms with Gasteiger partial charge in [-0.05, 0) is 12.1 Å². The van der Waals surface area contributed by atoms with Crippen LogP contribution in [0.5, 0.6) is 11.5 Å². The number of nitrogens with zero attached hydrogens (tertiary/aromatic N) is 1. The van der Waals surface area contributed by atoms with Gasteiger partial charge in [-0.2, -0.15) is 0 Å². The molecule has 4 heteroatoms. The van der Waals surface area contributed by atoms with Gasteiger partial charge in [0.2, 0.25) is 0 Å². The van der Waals surface area contributed by atoms with E-state index in [2.05, 4.69) is 5.16 Å². The van der Waals surface area contributed by atoms with Gasteiger partial charge in [0.1, 0.15) is 17.2 Å². The molecule has 0 aliphatic heterocycles. The summed E-state index contributed by atoms with van der Waals surface area (Å²) in [7, 11) is 0. The lowest BCUT2D eigenvalue weighted by molar-refractivity contribution is 0.319. The molecule has 0 atom stereocenters. The average molecular weight is 229 g/mol. The minimum Gasteiger partial charge on any atom is -0.508 e. The molecule has 0 heterocycles. The third kappa shape index (κ3) is 2.20. The largest absolute Gasteiger partial charge is 0.508 e. The summed E-state index contributed by atoms with van der Waals surface area (Å²) in [4.78, 5) is 0. The normalized spacial score (nSPS) is 11.4. The van der Waals surface area contributed by atoms with Crippen molar-refractivity contribution in [2.45, 2.75) is 0 Å². The third-order valence-electron chi connectivity index (χ3n) is 2.38. The lowest BCUT2D eigenvalue weighted by Gasteiger charge is -2.07. The fourth-order valence-electron chi connectivity index (χ4n) is 1.58. The van der Waals surface area contributed by atoms with Crippen LogP contribution in [0.15, 0.2) is 53.7 Å². The highest BCUT2D eigenvalue weighted by Crippen LogP contribution is 2.25. The van der Waals surface area contributed by atoms with E-state index in [-0.39, 0.29) is 17.2 Å². The topological polar surface area (TPSA) is 73.1 Å². The zero-order valence-electron chi connectivity index (χ0n) is 8.91. The van der Waals surface area contributed by atoms with Gasteiger partial charge in [0, 0.05) is 17.2 Å². The molecule has 0 fully saturated rings. The van der Waals surface area contributed by atoms with Gasteiger partial charge in [-0.1, -0.05) is 35.5 Å². The molecular formula is C13H11NO3. The molecule has 2 rings (SSSR count). The van der Waals surface area contributed by atoms with Gasteiger partial charge in [0.25, 0.3) is 0 Å². The van der Waals surface area contributed by atoms with E-state index >= 15 is 0 Å². The van der Waals surface area contributed by atoms with Gasteiger partial charge >= 0.3 is 0 Å². The quantitative estimate of drug-likeness (QED) is 0.420. The van der Waals surface area contributed by atoms with Crippen LogP contribution in [0.2, 0.25) is 0 Å². The Morgan fingerprint density at radius 3 is 2.24 bits per heavy atom. The Morgan fingerprint density at radius 2 is 1.65 bits per heavy atom. The second-order valence-corrected chi connectivity index (χ2v) is 3.52. The number of phenols is 2. The summed E-state index contributed by atoms with van der Waals surface area (Å²) < 4.78 is 0. The van der Waals surface area contributed by atoms with Crippen LogP contribution in [0.3, 0.4) is 0 Å². The lowest BCUT2D eigenvalue weighted by Crippen LogP contribution is -2.03. The zero-order chi connectivity index (χ0) is 12.3. The van der Waals surface area contributed by atoms with Crippen LogP contribution in [0.4, 0.5) is 0 Å². The molecule has 2 aromatic carbocycles. The molecule has 0 aliphatic rings. The van der Waals surface area contributed by atoms with Crippen LogP contribution in [0.1, 0.15) is 11.1 Å². The minimum absolute atomic E-state index is 0.0448. The van der Waals surface area contributed by atoms with E-state index in [0.717, 1.165) is 0 Å². The number of hydrogen-bond acceptors (Lipinski definition) is 4. The minimum atomic E-state index is -0.137. The van der Waals surface area contributed by atoms with Crippen LogP contribution < -0.4 is 0 Å². The van der Waals surface area contributed by atoms with E-state index in [1.807, 2.05) is 6.07 Å². The molecule has 0 aromatic heterocycles. The van der Waals surface area contributed by atoms with Crippen LogP contribution in [0.25, 0.3) is 0 Å². The molecule has 17 heavy (non-hydrogen) atoms. The van der Waals surface area contributed by atoms with E-state index in [4.69, 9.17) is 5.21 Å². The lowest BCUT2D eigenvalue weighted by atomic mass is 10.0. The number of rotatable bonds is 2. The van der Waals surface area contributed by atoms with E-state index < -0.39 is 0 Å². The Morgan fingerprint density at radius 1 is 0.941 bits per heavy atom. The van der Waals surface area contributed by atoms with Crippen LogP contribution in [-0.4, -0.2) is 21.1 Å². The second-order valence-electron chi connectivity index (χ2n) is 3.52. The van der Waals surface area contributed by atoms with Gasteiger partial charge in [0.05, 0.1) is 0 Å². The van der Waals surface area contributed by atoms with E-state index in [0.29, 0.717) is 11.1 Å². The van der Waals surface area contributed by atoms with E-state index in [9.17, 15) is 10.2 Å². The Hall–Kier alpha value is -2.49. The highest BCUT2D eigenvalue weighted by molar-refractivity contribution is 6.14. The molecule has 3 N–H and O–H groups in total. The maximum atomic E-state index is 9.70. The Labute approximate surface area is 98.1 Å². The van der Waals surface area contributed by atoms with Crippen molar-refractivity contribution >= 4 is 5.71 Å². The van der Waals surface area contributed by atoms with Crippen molar-refractivity contribution in [3.05, 3.63) is 59.7 Å². The molecule has 0 saturated heterocycles. The molecule has 0 radical (unpaired) electrons. The number of phenolic OH excluding ortho intramolecular Hbond substituents is 2. The fourth-order valence-corrected chi connectivity index (χ4v) is 1.58. The van der Waals surface area contributed by atoms with Crippen LogP contribution in [0, 0.1) is 0 Å². The first-order valence-electron chi connectivity index (χ1n) is 5.02. The molecule has 2 aromatic rings. The molecule has 0 bridgehead atoms. The van der Waals surface area contributed by atoms with Gasteiger partial charge in [-0.15, -0.1) is 0 Å². The summed E-state index contributed by atoms with van der Waals surface area (Å²) in [5.41, 5.74) is 1.29. The fraction of sp³-hybridized carbons (Fsp3) is 0. The van der Waals surface area contributed by atoms with Gasteiger partial charge < -0.3 is 15.4 Å². The van der Waals surface area contributed by atoms with Crippen LogP contribution in [-0.2, 0) is 0 Å². The summed E-state index contributed by atoms with van der Waals surface area (Å²) in [6.07, 6.45) is 0. The first-order chi connectivity index (χ1) is 8.22. The number of hydrogen-bond donors (Lipinski definition) is 3. The Bertz CT molecular complexity index is 550. The third-order valence-corrected chi connectivity index (χ3v) is 2.38. The highest BCUT2D eigenvalue weighted by atomic mass is 16.4. The molecule has 4 nitrogen and oxygen atoms in total. The first kappa shape index (κ1) is 11.0. The van der Waals surface area contributed by atoms with Crippen molar-refractivity contribution < 1.29 is 15.4 Å². The molecule has 0 amide bonds. The molecule has 0 unspecified atom stereocenters. The molecule has 0 aliphatic carbocycles. The van der Waals surface area contributed by atoms with Crippen molar-refractivity contribution in [3.8, 4) is 11.5 Å². The zero-order valence-corrected chi connectivity index (χ0v) is 8.91. The van der Waals surface area contributed by atoms with Gasteiger partial charge in [-0.25, -0.2) is 0 Å². The average Bonchev–Trinajstić information content (AvgIpc) is 2.34.